The Kier molecular flexibility index (Phi) is 16.2. The molecule has 1 saturated carbocycles. The van der Waals surface area contributed by atoms with Crippen LogP contribution >= 0.6 is 45.7 Å². The van der Waals surface area contributed by atoms with Gasteiger partial charge in [-0.1, -0.05) is 240 Å². The van der Waals surface area contributed by atoms with E-state index in [2.05, 4.69) is 74.8 Å². The topological polar surface area (TPSA) is 149 Å². The fourth-order valence-electron chi connectivity index (χ4n) is 10.5. The van der Waals surface area contributed by atoms with E-state index < -0.39 is 58.5 Å². The Balaban J connectivity index is 0.929. The number of carbonyl (C=O) groups is 4. The van der Waals surface area contributed by atoms with Crippen LogP contribution in [0.2, 0.25) is 0 Å². The van der Waals surface area contributed by atoms with Gasteiger partial charge in [-0.15, -0.1) is 23.1 Å². The van der Waals surface area contributed by atoms with Gasteiger partial charge in [-0.3, -0.25) is 14.5 Å². The Morgan fingerprint density at radius 3 is 1.56 bits per heavy atom. The van der Waals surface area contributed by atoms with Crippen molar-refractivity contribution in [1.29, 1.82) is 0 Å². The molecule has 7 aromatic carbocycles. The summed E-state index contributed by atoms with van der Waals surface area (Å²) in [6.45, 7) is 0. The summed E-state index contributed by atoms with van der Waals surface area (Å²) in [4.78, 5) is 72.0. The summed E-state index contributed by atoms with van der Waals surface area (Å²) in [5.41, 5.74) is 4.26. The number of ether oxygens (including phenoxy) is 2. The summed E-state index contributed by atoms with van der Waals surface area (Å²) < 4.78 is 13.2. The first kappa shape index (κ1) is 53.2. The molecule has 3 aliphatic rings. The van der Waals surface area contributed by atoms with Crippen LogP contribution in [-0.4, -0.2) is 66.5 Å². The van der Waals surface area contributed by atoms with Crippen molar-refractivity contribution < 1.29 is 33.5 Å². The SMILES string of the molecule is O=C(N[C@@H]1C(=O)N2C(C(=O)OC(c3ccccc3)c3ccccc3)=C(CI)CS[C@H]12)C(=NOC1(C(=O)OC(c2ccccc2)c2ccccc2)CCCC1)c1csc(NC(c2ccccc2)(c2ccccc2)c2ccccc2)n1. The van der Waals surface area contributed by atoms with Crippen LogP contribution in [0.15, 0.2) is 234 Å². The van der Waals surface area contributed by atoms with Crippen molar-refractivity contribution in [3.8, 4) is 0 Å². The lowest BCUT2D eigenvalue weighted by atomic mass is 9.77. The van der Waals surface area contributed by atoms with Crippen LogP contribution in [-0.2, 0) is 39.0 Å². The average molecular weight is 1200 g/mol. The summed E-state index contributed by atoms with van der Waals surface area (Å²) >= 11 is 4.92. The number of hydrogen-bond donors (Lipinski definition) is 2. The number of benzene rings is 7. The van der Waals surface area contributed by atoms with E-state index in [1.807, 2.05) is 176 Å². The molecule has 0 spiro atoms. The highest BCUT2D eigenvalue weighted by atomic mass is 127. The number of fused-ring (bicyclic) bond motifs is 1. The number of thiazole rings is 1. The first-order valence-electron chi connectivity index (χ1n) is 26.1. The van der Waals surface area contributed by atoms with Crippen LogP contribution in [0, 0.1) is 0 Å². The Bertz CT molecular complexity index is 3300. The van der Waals surface area contributed by atoms with Crippen molar-refractivity contribution >= 4 is 80.3 Å². The molecule has 12 nitrogen and oxygen atoms in total. The number of alkyl halides is 1. The molecule has 1 aromatic heterocycles. The molecule has 396 valence electrons. The second-order valence-electron chi connectivity index (χ2n) is 19.4. The fraction of sp³-hybridized carbons (Fsp3) is 0.188. The molecule has 0 bridgehead atoms. The molecular weight excluding hydrogens is 1140 g/mol. The number of nitrogens with one attached hydrogen (secondary N) is 2. The molecule has 0 radical (unpaired) electrons. The summed E-state index contributed by atoms with van der Waals surface area (Å²) in [5, 5.41) is 12.9. The van der Waals surface area contributed by atoms with Crippen molar-refractivity contribution in [1.82, 2.24) is 15.2 Å². The molecule has 2 amide bonds. The van der Waals surface area contributed by atoms with Gasteiger partial charge in [0, 0.05) is 28.4 Å². The maximum Gasteiger partial charge on any atom is 0.356 e. The molecule has 79 heavy (non-hydrogen) atoms. The summed E-state index contributed by atoms with van der Waals surface area (Å²) in [6.07, 6.45) is 0.383. The van der Waals surface area contributed by atoms with Gasteiger partial charge in [0.15, 0.2) is 23.1 Å². The monoisotopic (exact) mass is 1200 g/mol. The van der Waals surface area contributed by atoms with Crippen LogP contribution in [0.5, 0.6) is 0 Å². The molecule has 2 fully saturated rings. The number of nitrogens with zero attached hydrogens (tertiary/aromatic N) is 3. The lowest BCUT2D eigenvalue weighted by Gasteiger charge is -2.49. The second kappa shape index (κ2) is 24.0. The smallest absolute Gasteiger partial charge is 0.356 e. The van der Waals surface area contributed by atoms with Gasteiger partial charge in [0.1, 0.15) is 28.3 Å². The van der Waals surface area contributed by atoms with E-state index in [0.29, 0.717) is 28.2 Å². The minimum absolute atomic E-state index is 0.144. The van der Waals surface area contributed by atoms with Gasteiger partial charge in [-0.25, -0.2) is 14.6 Å². The van der Waals surface area contributed by atoms with Gasteiger partial charge < -0.3 is 24.9 Å². The lowest BCUT2D eigenvalue weighted by Crippen LogP contribution is -2.71. The van der Waals surface area contributed by atoms with E-state index in [-0.39, 0.29) is 29.9 Å². The lowest BCUT2D eigenvalue weighted by molar-refractivity contribution is -0.176. The van der Waals surface area contributed by atoms with Crippen molar-refractivity contribution in [3.05, 3.63) is 274 Å². The summed E-state index contributed by atoms with van der Waals surface area (Å²) in [6, 6.07) is 67.2. The van der Waals surface area contributed by atoms with Crippen LogP contribution in [0.4, 0.5) is 5.13 Å². The molecular formula is C64H54IN5O7S2. The standard InChI is InChI=1S/C64H54IN5O7S2/c65-40-47-41-78-59-53(58(72)70(59)54(47)60(73)75-55(43-24-8-1-9-25-43)44-26-10-2-11-27-44)67-57(71)52(69-77-63(38-22-23-39-63)61(74)76-56(45-28-12-3-13-29-45)46-30-14-4-15-31-46)51-42-79-62(66-51)68-64(48-32-16-5-17-33-48,49-34-18-6-19-35-49)50-36-20-7-21-37-50/h1-21,24-37,42,53,55-56,59H,22-23,38-41H2,(H,66,68)(H,67,71)/t53-,59-/m1/s1. The molecule has 1 aliphatic carbocycles. The number of anilines is 1. The third-order valence-electron chi connectivity index (χ3n) is 14.5. The highest BCUT2D eigenvalue weighted by Crippen LogP contribution is 2.44. The second-order valence-corrected chi connectivity index (χ2v) is 22.1. The van der Waals surface area contributed by atoms with Crippen LogP contribution in [0.1, 0.15) is 82.5 Å². The highest BCUT2D eigenvalue weighted by Gasteiger charge is 2.55. The highest BCUT2D eigenvalue weighted by molar-refractivity contribution is 14.1. The number of oxime groups is 1. The fourth-order valence-corrected chi connectivity index (χ4v) is 13.6. The zero-order valence-corrected chi connectivity index (χ0v) is 46.5. The number of amides is 2. The number of esters is 2. The molecule has 3 heterocycles. The third kappa shape index (κ3) is 11.0. The average Bonchev–Trinajstić information content (AvgIpc) is 4.35. The van der Waals surface area contributed by atoms with E-state index >= 15 is 4.79 Å². The molecule has 15 heteroatoms. The van der Waals surface area contributed by atoms with Gasteiger partial charge in [0.25, 0.3) is 11.8 Å². The maximum atomic E-state index is 15.2. The van der Waals surface area contributed by atoms with E-state index in [0.717, 1.165) is 44.5 Å². The predicted octanol–water partition coefficient (Wildman–Crippen LogP) is 12.3. The van der Waals surface area contributed by atoms with Gasteiger partial charge in [0.2, 0.25) is 5.60 Å². The normalized spacial score (nSPS) is 16.9. The zero-order valence-electron chi connectivity index (χ0n) is 42.7. The summed E-state index contributed by atoms with van der Waals surface area (Å²) in [7, 11) is 0. The molecule has 2 atom stereocenters. The van der Waals surface area contributed by atoms with Crippen molar-refractivity contribution in [2.75, 3.05) is 15.5 Å². The van der Waals surface area contributed by atoms with Crippen molar-refractivity contribution in [2.45, 2.75) is 60.4 Å². The van der Waals surface area contributed by atoms with Gasteiger partial charge >= 0.3 is 11.9 Å². The quantitative estimate of drug-likeness (QED) is 0.0152. The van der Waals surface area contributed by atoms with Crippen LogP contribution in [0.25, 0.3) is 0 Å². The van der Waals surface area contributed by atoms with E-state index in [1.165, 1.54) is 28.0 Å². The molecule has 0 unspecified atom stereocenters. The minimum atomic E-state index is -1.55. The molecule has 11 rings (SSSR count). The number of aromatic nitrogens is 1. The summed E-state index contributed by atoms with van der Waals surface area (Å²) in [5.74, 6) is -2.08. The van der Waals surface area contributed by atoms with E-state index in [9.17, 15) is 14.4 Å². The zero-order chi connectivity index (χ0) is 54.2. The first-order valence-corrected chi connectivity index (χ1v) is 29.5. The minimum Gasteiger partial charge on any atom is -0.450 e. The Hall–Kier alpha value is -7.86. The Morgan fingerprint density at radius 1 is 0.658 bits per heavy atom. The van der Waals surface area contributed by atoms with Crippen LogP contribution in [0.3, 0.4) is 0 Å². The van der Waals surface area contributed by atoms with E-state index in [1.54, 1.807) is 5.38 Å². The van der Waals surface area contributed by atoms with Gasteiger partial charge in [-0.2, -0.15) is 0 Å². The van der Waals surface area contributed by atoms with E-state index in [4.69, 9.17) is 19.3 Å². The molecule has 8 aromatic rings. The number of carbonyl (C=O) groups excluding carboxylic acids is 4. The molecule has 2 aliphatic heterocycles. The van der Waals surface area contributed by atoms with Gasteiger partial charge in [0.05, 0.1) is 0 Å². The Morgan fingerprint density at radius 2 is 1.10 bits per heavy atom. The largest absolute Gasteiger partial charge is 0.450 e. The molecule has 1 saturated heterocycles. The molecule has 2 N–H and O–H groups in total. The predicted molar refractivity (Wildman–Crippen MR) is 316 cm³/mol. The number of hydrogen-bond acceptors (Lipinski definition) is 12. The third-order valence-corrected chi connectivity index (χ3v) is 17.5. The Labute approximate surface area is 480 Å². The number of thioether (sulfide) groups is 1. The van der Waals surface area contributed by atoms with Gasteiger partial charge in [-0.05, 0) is 57.4 Å². The van der Waals surface area contributed by atoms with Crippen molar-refractivity contribution in [3.63, 3.8) is 0 Å². The number of halogens is 1. The number of rotatable bonds is 19. The van der Waals surface area contributed by atoms with Crippen LogP contribution < -0.4 is 10.6 Å². The van der Waals surface area contributed by atoms with Crippen molar-refractivity contribution in [2.24, 2.45) is 5.16 Å². The first-order chi connectivity index (χ1) is 38.8. The number of β-lactam (4-membered cyclic amide) rings is 1. The maximum absolute atomic E-state index is 15.2.